The number of fused-ring (bicyclic) bond motifs is 1. The number of nitrogens with one attached hydrogen (secondary N) is 1. The van der Waals surface area contributed by atoms with E-state index < -0.39 is 0 Å². The van der Waals surface area contributed by atoms with Gasteiger partial charge in [-0.05, 0) is 11.5 Å². The molecule has 0 unspecified atom stereocenters. The van der Waals surface area contributed by atoms with Gasteiger partial charge in [-0.25, -0.2) is 4.98 Å². The van der Waals surface area contributed by atoms with Gasteiger partial charge >= 0.3 is 0 Å². The smallest absolute Gasteiger partial charge is 0.139 e. The molecule has 0 bridgehead atoms. The quantitative estimate of drug-likeness (QED) is 0.703. The summed E-state index contributed by atoms with van der Waals surface area (Å²) in [6.45, 7) is 0. The number of halogens is 1. The number of pyridine rings is 1. The van der Waals surface area contributed by atoms with Crippen LogP contribution in [0.3, 0.4) is 0 Å². The summed E-state index contributed by atoms with van der Waals surface area (Å²) in [5.41, 5.74) is 0. The first kappa shape index (κ1) is 8.32. The molecule has 2 nitrogen and oxygen atoms in total. The van der Waals surface area contributed by atoms with Crippen molar-refractivity contribution in [1.29, 1.82) is 0 Å². The first-order valence-corrected chi connectivity index (χ1v) is 4.42. The Labute approximate surface area is 81.6 Å². The lowest BCUT2D eigenvalue weighted by Crippen LogP contribution is -1.92. The largest absolute Gasteiger partial charge is 0.373 e. The number of hydrogen-bond donors (Lipinski definition) is 1. The standard InChI is InChI=1S/C10H9ClN2/c1-12-9-6-7-4-2-3-5-8(7)10(11)13-9/h2-6H,1H3,(H,12,13). The van der Waals surface area contributed by atoms with Gasteiger partial charge in [0.2, 0.25) is 0 Å². The third-order valence-electron chi connectivity index (χ3n) is 1.95. The minimum absolute atomic E-state index is 0.544. The van der Waals surface area contributed by atoms with E-state index in [-0.39, 0.29) is 0 Å². The van der Waals surface area contributed by atoms with E-state index in [0.717, 1.165) is 16.6 Å². The predicted molar refractivity (Wildman–Crippen MR) is 56.3 cm³/mol. The van der Waals surface area contributed by atoms with Gasteiger partial charge in [0, 0.05) is 12.4 Å². The molecule has 0 spiro atoms. The average Bonchev–Trinajstić information content (AvgIpc) is 2.18. The normalized spacial score (nSPS) is 10.3. The molecule has 13 heavy (non-hydrogen) atoms. The van der Waals surface area contributed by atoms with Crippen LogP contribution in [0.25, 0.3) is 10.8 Å². The Morgan fingerprint density at radius 3 is 2.85 bits per heavy atom. The van der Waals surface area contributed by atoms with Crippen molar-refractivity contribution >= 4 is 28.2 Å². The molecule has 66 valence electrons. The second-order valence-electron chi connectivity index (χ2n) is 2.77. The maximum absolute atomic E-state index is 5.99. The summed E-state index contributed by atoms with van der Waals surface area (Å²) in [5.74, 6) is 0.795. The van der Waals surface area contributed by atoms with Gasteiger partial charge in [-0.1, -0.05) is 35.9 Å². The Balaban J connectivity index is 2.77. The van der Waals surface area contributed by atoms with Crippen molar-refractivity contribution in [1.82, 2.24) is 4.98 Å². The zero-order valence-corrected chi connectivity index (χ0v) is 7.97. The van der Waals surface area contributed by atoms with Crippen LogP contribution in [0.4, 0.5) is 5.82 Å². The van der Waals surface area contributed by atoms with E-state index in [1.165, 1.54) is 0 Å². The van der Waals surface area contributed by atoms with Gasteiger partial charge in [0.05, 0.1) is 0 Å². The zero-order valence-electron chi connectivity index (χ0n) is 7.21. The number of benzene rings is 1. The summed E-state index contributed by atoms with van der Waals surface area (Å²) < 4.78 is 0. The van der Waals surface area contributed by atoms with Crippen LogP contribution in [0.15, 0.2) is 30.3 Å². The highest BCUT2D eigenvalue weighted by molar-refractivity contribution is 6.34. The van der Waals surface area contributed by atoms with Gasteiger partial charge in [-0.3, -0.25) is 0 Å². The first-order valence-electron chi connectivity index (χ1n) is 4.04. The molecule has 0 saturated carbocycles. The van der Waals surface area contributed by atoms with Gasteiger partial charge in [-0.15, -0.1) is 0 Å². The molecule has 0 fully saturated rings. The van der Waals surface area contributed by atoms with E-state index in [0.29, 0.717) is 5.15 Å². The lowest BCUT2D eigenvalue weighted by molar-refractivity contribution is 1.31. The van der Waals surface area contributed by atoms with Crippen LogP contribution in [0.1, 0.15) is 0 Å². The molecule has 3 heteroatoms. The molecule has 1 aromatic heterocycles. The maximum atomic E-state index is 5.99. The first-order chi connectivity index (χ1) is 6.31. The van der Waals surface area contributed by atoms with Crippen molar-refractivity contribution in [2.75, 3.05) is 12.4 Å². The van der Waals surface area contributed by atoms with Gasteiger partial charge in [0.25, 0.3) is 0 Å². The van der Waals surface area contributed by atoms with Gasteiger partial charge in [0.15, 0.2) is 0 Å². The predicted octanol–water partition coefficient (Wildman–Crippen LogP) is 2.93. The Kier molecular flexibility index (Phi) is 2.07. The molecule has 0 aliphatic heterocycles. The van der Waals surface area contributed by atoms with E-state index in [1.807, 2.05) is 37.4 Å². The summed E-state index contributed by atoms with van der Waals surface area (Å²) in [4.78, 5) is 4.17. The number of aromatic nitrogens is 1. The fraction of sp³-hybridized carbons (Fsp3) is 0.100. The van der Waals surface area contributed by atoms with E-state index in [9.17, 15) is 0 Å². The van der Waals surface area contributed by atoms with E-state index >= 15 is 0 Å². The lowest BCUT2D eigenvalue weighted by atomic mass is 10.2. The maximum Gasteiger partial charge on any atom is 0.139 e. The third-order valence-corrected chi connectivity index (χ3v) is 2.24. The molecular formula is C10H9ClN2. The topological polar surface area (TPSA) is 24.9 Å². The van der Waals surface area contributed by atoms with E-state index in [1.54, 1.807) is 0 Å². The van der Waals surface area contributed by atoms with Crippen LogP contribution < -0.4 is 5.32 Å². The number of anilines is 1. The molecule has 0 aliphatic rings. The van der Waals surface area contributed by atoms with Crippen molar-refractivity contribution in [3.05, 3.63) is 35.5 Å². The monoisotopic (exact) mass is 192 g/mol. The molecule has 0 amide bonds. The Bertz CT molecular complexity index is 440. The summed E-state index contributed by atoms with van der Waals surface area (Å²) in [6.07, 6.45) is 0. The molecule has 0 saturated heterocycles. The molecule has 0 atom stereocenters. The number of nitrogens with zero attached hydrogens (tertiary/aromatic N) is 1. The molecule has 2 rings (SSSR count). The van der Waals surface area contributed by atoms with Crippen molar-refractivity contribution in [2.45, 2.75) is 0 Å². The minimum atomic E-state index is 0.544. The van der Waals surface area contributed by atoms with Crippen molar-refractivity contribution < 1.29 is 0 Å². The SMILES string of the molecule is CNc1cc2ccccc2c(Cl)n1. The van der Waals surface area contributed by atoms with Gasteiger partial charge in [0.1, 0.15) is 11.0 Å². The second kappa shape index (κ2) is 3.23. The molecule has 1 aromatic carbocycles. The fourth-order valence-electron chi connectivity index (χ4n) is 1.28. The van der Waals surface area contributed by atoms with Crippen molar-refractivity contribution in [2.24, 2.45) is 0 Å². The Hall–Kier alpha value is -1.28. The highest BCUT2D eigenvalue weighted by Gasteiger charge is 2.01. The fourth-order valence-corrected chi connectivity index (χ4v) is 1.55. The second-order valence-corrected chi connectivity index (χ2v) is 3.13. The van der Waals surface area contributed by atoms with E-state index in [2.05, 4.69) is 10.3 Å². The van der Waals surface area contributed by atoms with Crippen LogP contribution in [-0.2, 0) is 0 Å². The van der Waals surface area contributed by atoms with Gasteiger partial charge in [-0.2, -0.15) is 0 Å². The summed E-state index contributed by atoms with van der Waals surface area (Å²) in [6, 6.07) is 9.89. The van der Waals surface area contributed by atoms with Crippen molar-refractivity contribution in [3.8, 4) is 0 Å². The lowest BCUT2D eigenvalue weighted by Gasteiger charge is -2.03. The molecule has 2 aromatic rings. The van der Waals surface area contributed by atoms with Crippen LogP contribution in [0.5, 0.6) is 0 Å². The highest BCUT2D eigenvalue weighted by Crippen LogP contribution is 2.23. The summed E-state index contributed by atoms with van der Waals surface area (Å²) in [7, 11) is 1.83. The number of hydrogen-bond acceptors (Lipinski definition) is 2. The van der Waals surface area contributed by atoms with E-state index in [4.69, 9.17) is 11.6 Å². The minimum Gasteiger partial charge on any atom is -0.373 e. The van der Waals surface area contributed by atoms with Gasteiger partial charge < -0.3 is 5.32 Å². The molecule has 1 N–H and O–H groups in total. The summed E-state index contributed by atoms with van der Waals surface area (Å²) in [5, 5.41) is 5.60. The Morgan fingerprint density at radius 2 is 2.08 bits per heavy atom. The van der Waals surface area contributed by atoms with Crippen LogP contribution in [0, 0.1) is 0 Å². The number of rotatable bonds is 1. The summed E-state index contributed by atoms with van der Waals surface area (Å²) >= 11 is 5.99. The molecule has 0 radical (unpaired) electrons. The zero-order chi connectivity index (χ0) is 9.26. The third kappa shape index (κ3) is 1.45. The van der Waals surface area contributed by atoms with Crippen LogP contribution >= 0.6 is 11.6 Å². The Morgan fingerprint density at radius 1 is 1.31 bits per heavy atom. The average molecular weight is 193 g/mol. The highest BCUT2D eigenvalue weighted by atomic mass is 35.5. The molecule has 0 aliphatic carbocycles. The van der Waals surface area contributed by atoms with Crippen LogP contribution in [0.2, 0.25) is 5.15 Å². The van der Waals surface area contributed by atoms with Crippen molar-refractivity contribution in [3.63, 3.8) is 0 Å². The molecular weight excluding hydrogens is 184 g/mol. The molecule has 1 heterocycles. The van der Waals surface area contributed by atoms with Crippen LogP contribution in [-0.4, -0.2) is 12.0 Å².